The molecule has 0 saturated heterocycles. The summed E-state index contributed by atoms with van der Waals surface area (Å²) >= 11 is 0. The van der Waals surface area contributed by atoms with Gasteiger partial charge in [0.25, 0.3) is 0 Å². The second-order valence-electron chi connectivity index (χ2n) is 7.03. The summed E-state index contributed by atoms with van der Waals surface area (Å²) in [6, 6.07) is 13.3. The van der Waals surface area contributed by atoms with Gasteiger partial charge >= 0.3 is 0 Å². The molecular formula is C22H21N5O2. The SMILES string of the molecule is Cc1cc(Nc2ccc(NC(=O)Cc3noc4cc(C)c(C)cc34)cc2)ncn1. The molecule has 0 radical (unpaired) electrons. The molecule has 4 rings (SSSR count). The van der Waals surface area contributed by atoms with E-state index in [4.69, 9.17) is 4.52 Å². The monoisotopic (exact) mass is 387 g/mol. The molecule has 0 atom stereocenters. The number of hydrogen-bond acceptors (Lipinski definition) is 6. The van der Waals surface area contributed by atoms with E-state index in [-0.39, 0.29) is 12.3 Å². The molecule has 29 heavy (non-hydrogen) atoms. The molecule has 0 aliphatic carbocycles. The van der Waals surface area contributed by atoms with E-state index in [1.54, 1.807) is 0 Å². The third-order valence-corrected chi connectivity index (χ3v) is 4.73. The molecule has 2 aromatic heterocycles. The van der Waals surface area contributed by atoms with Crippen LogP contribution < -0.4 is 10.6 Å². The molecule has 0 spiro atoms. The third kappa shape index (κ3) is 4.24. The minimum Gasteiger partial charge on any atom is -0.356 e. The van der Waals surface area contributed by atoms with E-state index in [1.165, 1.54) is 6.33 Å². The van der Waals surface area contributed by atoms with Crippen LogP contribution in [0.5, 0.6) is 0 Å². The van der Waals surface area contributed by atoms with E-state index in [0.717, 1.165) is 33.7 Å². The van der Waals surface area contributed by atoms with Crippen LogP contribution in [0, 0.1) is 20.8 Å². The number of nitrogens with one attached hydrogen (secondary N) is 2. The van der Waals surface area contributed by atoms with Crippen molar-refractivity contribution < 1.29 is 9.32 Å². The molecule has 0 fully saturated rings. The maximum Gasteiger partial charge on any atom is 0.230 e. The van der Waals surface area contributed by atoms with Crippen LogP contribution in [-0.4, -0.2) is 21.0 Å². The van der Waals surface area contributed by atoms with Gasteiger partial charge < -0.3 is 15.2 Å². The van der Waals surface area contributed by atoms with Crippen molar-refractivity contribution in [2.75, 3.05) is 10.6 Å². The van der Waals surface area contributed by atoms with Gasteiger partial charge in [0.2, 0.25) is 5.91 Å². The van der Waals surface area contributed by atoms with Gasteiger partial charge in [0, 0.05) is 28.5 Å². The predicted molar refractivity (Wildman–Crippen MR) is 112 cm³/mol. The van der Waals surface area contributed by atoms with E-state index < -0.39 is 0 Å². The van der Waals surface area contributed by atoms with Crippen LogP contribution in [0.2, 0.25) is 0 Å². The number of aryl methyl sites for hydroxylation is 3. The second kappa shape index (κ2) is 7.71. The number of hydrogen-bond donors (Lipinski definition) is 2. The van der Waals surface area contributed by atoms with E-state index in [2.05, 4.69) is 25.8 Å². The average Bonchev–Trinajstić information content (AvgIpc) is 3.05. The maximum absolute atomic E-state index is 12.5. The molecule has 2 aromatic carbocycles. The highest BCUT2D eigenvalue weighted by molar-refractivity contribution is 5.95. The number of carbonyl (C=O) groups is 1. The summed E-state index contributed by atoms with van der Waals surface area (Å²) in [4.78, 5) is 20.7. The Kier molecular flexibility index (Phi) is 4.95. The molecule has 1 amide bonds. The first kappa shape index (κ1) is 18.6. The zero-order valence-corrected chi connectivity index (χ0v) is 16.5. The highest BCUT2D eigenvalue weighted by atomic mass is 16.5. The summed E-state index contributed by atoms with van der Waals surface area (Å²) in [5, 5.41) is 11.0. The molecule has 4 aromatic rings. The summed E-state index contributed by atoms with van der Waals surface area (Å²) in [5.41, 5.74) is 6.08. The molecular weight excluding hydrogens is 366 g/mol. The van der Waals surface area contributed by atoms with Gasteiger partial charge in [0.1, 0.15) is 17.8 Å². The number of carbonyl (C=O) groups excluding carboxylic acids is 1. The minimum absolute atomic E-state index is 0.148. The van der Waals surface area contributed by atoms with Crippen LogP contribution in [0.25, 0.3) is 11.0 Å². The number of anilines is 3. The molecule has 2 heterocycles. The molecule has 0 aliphatic heterocycles. The van der Waals surface area contributed by atoms with Gasteiger partial charge in [-0.1, -0.05) is 5.16 Å². The summed E-state index contributed by atoms with van der Waals surface area (Å²) in [6.45, 7) is 5.96. The van der Waals surface area contributed by atoms with Crippen molar-refractivity contribution in [2.45, 2.75) is 27.2 Å². The predicted octanol–water partition coefficient (Wildman–Crippen LogP) is 4.47. The highest BCUT2D eigenvalue weighted by Gasteiger charge is 2.14. The summed E-state index contributed by atoms with van der Waals surface area (Å²) in [6.07, 6.45) is 1.67. The lowest BCUT2D eigenvalue weighted by Gasteiger charge is -2.08. The Morgan fingerprint density at radius 2 is 1.69 bits per heavy atom. The van der Waals surface area contributed by atoms with E-state index >= 15 is 0 Å². The zero-order chi connectivity index (χ0) is 20.4. The largest absolute Gasteiger partial charge is 0.356 e. The first-order valence-corrected chi connectivity index (χ1v) is 9.29. The average molecular weight is 387 g/mol. The van der Waals surface area contributed by atoms with Crippen LogP contribution in [0.1, 0.15) is 22.5 Å². The number of fused-ring (bicyclic) bond motifs is 1. The van der Waals surface area contributed by atoms with Crippen molar-refractivity contribution in [3.63, 3.8) is 0 Å². The summed E-state index contributed by atoms with van der Waals surface area (Å²) in [7, 11) is 0. The molecule has 7 nitrogen and oxygen atoms in total. The van der Waals surface area contributed by atoms with Crippen molar-refractivity contribution in [2.24, 2.45) is 0 Å². The fraction of sp³-hybridized carbons (Fsp3) is 0.182. The van der Waals surface area contributed by atoms with Crippen LogP contribution in [0.15, 0.2) is 53.3 Å². The summed E-state index contributed by atoms with van der Waals surface area (Å²) in [5.74, 6) is 0.572. The fourth-order valence-electron chi connectivity index (χ4n) is 3.04. The Hall–Kier alpha value is -3.74. The minimum atomic E-state index is -0.148. The zero-order valence-electron chi connectivity index (χ0n) is 16.5. The van der Waals surface area contributed by atoms with Crippen molar-refractivity contribution in [1.29, 1.82) is 0 Å². The van der Waals surface area contributed by atoms with Gasteiger partial charge in [-0.3, -0.25) is 4.79 Å². The molecule has 0 bridgehead atoms. The van der Waals surface area contributed by atoms with Gasteiger partial charge in [0.15, 0.2) is 5.58 Å². The van der Waals surface area contributed by atoms with E-state index in [1.807, 2.05) is 63.2 Å². The summed E-state index contributed by atoms with van der Waals surface area (Å²) < 4.78 is 5.37. The topological polar surface area (TPSA) is 92.9 Å². The van der Waals surface area contributed by atoms with Crippen LogP contribution in [0.3, 0.4) is 0 Å². The van der Waals surface area contributed by atoms with E-state index in [0.29, 0.717) is 17.0 Å². The quantitative estimate of drug-likeness (QED) is 0.525. The molecule has 146 valence electrons. The van der Waals surface area contributed by atoms with Gasteiger partial charge in [-0.2, -0.15) is 0 Å². The number of amides is 1. The van der Waals surface area contributed by atoms with Gasteiger partial charge in [-0.05, 0) is 68.3 Å². The number of aromatic nitrogens is 3. The lowest BCUT2D eigenvalue weighted by Crippen LogP contribution is -2.14. The van der Waals surface area contributed by atoms with E-state index in [9.17, 15) is 4.79 Å². The van der Waals surface area contributed by atoms with Crippen molar-refractivity contribution in [3.8, 4) is 0 Å². The lowest BCUT2D eigenvalue weighted by atomic mass is 10.1. The second-order valence-corrected chi connectivity index (χ2v) is 7.03. The Morgan fingerprint density at radius 3 is 2.45 bits per heavy atom. The standard InChI is InChI=1S/C22H21N5O2/c1-13-8-18-19(27-29-20(18)9-14(13)2)11-22(28)26-17-6-4-16(5-7-17)25-21-10-15(3)23-12-24-21/h4-10,12H,11H2,1-3H3,(H,26,28)(H,23,24,25). The molecule has 7 heteroatoms. The molecule has 0 unspecified atom stereocenters. The molecule has 0 saturated carbocycles. The Morgan fingerprint density at radius 1 is 0.966 bits per heavy atom. The first-order valence-electron chi connectivity index (χ1n) is 9.29. The van der Waals surface area contributed by atoms with Crippen LogP contribution >= 0.6 is 0 Å². The van der Waals surface area contributed by atoms with Gasteiger partial charge in [-0.15, -0.1) is 0 Å². The van der Waals surface area contributed by atoms with Crippen LogP contribution in [-0.2, 0) is 11.2 Å². The number of benzene rings is 2. The number of nitrogens with zero attached hydrogens (tertiary/aromatic N) is 3. The maximum atomic E-state index is 12.5. The normalized spacial score (nSPS) is 10.9. The Balaban J connectivity index is 1.42. The van der Waals surface area contributed by atoms with Gasteiger partial charge in [0.05, 0.1) is 6.42 Å². The van der Waals surface area contributed by atoms with Crippen molar-refractivity contribution in [1.82, 2.24) is 15.1 Å². The van der Waals surface area contributed by atoms with Crippen molar-refractivity contribution >= 4 is 34.1 Å². The highest BCUT2D eigenvalue weighted by Crippen LogP contribution is 2.23. The molecule has 2 N–H and O–H groups in total. The first-order chi connectivity index (χ1) is 14.0. The van der Waals surface area contributed by atoms with Crippen LogP contribution in [0.4, 0.5) is 17.2 Å². The van der Waals surface area contributed by atoms with Gasteiger partial charge in [-0.25, -0.2) is 9.97 Å². The third-order valence-electron chi connectivity index (χ3n) is 4.73. The fourth-order valence-corrected chi connectivity index (χ4v) is 3.04. The number of rotatable bonds is 5. The molecule has 0 aliphatic rings. The Labute approximate surface area is 168 Å². The smallest absolute Gasteiger partial charge is 0.230 e. The van der Waals surface area contributed by atoms with Crippen molar-refractivity contribution in [3.05, 3.63) is 71.3 Å². The lowest BCUT2D eigenvalue weighted by molar-refractivity contribution is -0.115. The Bertz CT molecular complexity index is 1180.